The van der Waals surface area contributed by atoms with Gasteiger partial charge in [-0.2, -0.15) is 0 Å². The Balaban J connectivity index is 2.66. The SMILES string of the molecule is Cc1cnc(N)c(C=N)c1-c1cccc(C(C)(C)CN)c1. The van der Waals surface area contributed by atoms with E-state index in [1.54, 1.807) is 6.20 Å². The molecule has 0 fully saturated rings. The van der Waals surface area contributed by atoms with Crippen molar-refractivity contribution in [2.75, 3.05) is 12.3 Å². The van der Waals surface area contributed by atoms with Gasteiger partial charge in [-0.05, 0) is 29.2 Å². The van der Waals surface area contributed by atoms with Gasteiger partial charge in [0, 0.05) is 29.9 Å². The first kappa shape index (κ1) is 15.2. The lowest BCUT2D eigenvalue weighted by Gasteiger charge is -2.24. The lowest BCUT2D eigenvalue weighted by molar-refractivity contribution is 0.539. The number of nitrogens with two attached hydrogens (primary N) is 2. The standard InChI is InChI=1S/C17H22N4/c1-11-9-21-16(20)14(8-18)15(11)12-5-4-6-13(7-12)17(2,3)10-19/h4-9,18H,10,19H2,1-3H3,(H2,20,21). The van der Waals surface area contributed by atoms with Gasteiger partial charge in [0.1, 0.15) is 5.82 Å². The van der Waals surface area contributed by atoms with Crippen LogP contribution in [0, 0.1) is 12.3 Å². The van der Waals surface area contributed by atoms with E-state index in [0.29, 0.717) is 17.9 Å². The highest BCUT2D eigenvalue weighted by Gasteiger charge is 2.20. The summed E-state index contributed by atoms with van der Waals surface area (Å²) in [5.41, 5.74) is 16.5. The summed E-state index contributed by atoms with van der Waals surface area (Å²) in [6.07, 6.45) is 3.02. The molecule has 21 heavy (non-hydrogen) atoms. The number of hydrogen-bond acceptors (Lipinski definition) is 4. The van der Waals surface area contributed by atoms with Gasteiger partial charge in [-0.1, -0.05) is 38.1 Å². The highest BCUT2D eigenvalue weighted by atomic mass is 14.8. The third kappa shape index (κ3) is 2.81. The number of benzene rings is 1. The fourth-order valence-electron chi connectivity index (χ4n) is 2.38. The van der Waals surface area contributed by atoms with Crippen LogP contribution in [-0.4, -0.2) is 17.7 Å². The molecule has 1 heterocycles. The Morgan fingerprint density at radius 2 is 2.05 bits per heavy atom. The Labute approximate surface area is 125 Å². The van der Waals surface area contributed by atoms with E-state index in [9.17, 15) is 0 Å². The van der Waals surface area contributed by atoms with Crippen LogP contribution in [0.1, 0.15) is 30.5 Å². The maximum absolute atomic E-state index is 7.62. The first-order valence-corrected chi connectivity index (χ1v) is 6.97. The van der Waals surface area contributed by atoms with E-state index in [1.807, 2.05) is 19.1 Å². The van der Waals surface area contributed by atoms with Crippen molar-refractivity contribution in [1.82, 2.24) is 4.98 Å². The molecule has 0 aliphatic rings. The van der Waals surface area contributed by atoms with Gasteiger partial charge in [-0.3, -0.25) is 0 Å². The highest BCUT2D eigenvalue weighted by Crippen LogP contribution is 2.32. The maximum Gasteiger partial charge on any atom is 0.132 e. The molecule has 0 saturated heterocycles. The van der Waals surface area contributed by atoms with Gasteiger partial charge in [0.15, 0.2) is 0 Å². The van der Waals surface area contributed by atoms with E-state index in [1.165, 1.54) is 11.8 Å². The zero-order chi connectivity index (χ0) is 15.6. The summed E-state index contributed by atoms with van der Waals surface area (Å²) in [5.74, 6) is 0.383. The number of nitrogens with zero attached hydrogens (tertiary/aromatic N) is 1. The molecule has 0 unspecified atom stereocenters. The molecule has 4 nitrogen and oxygen atoms in total. The van der Waals surface area contributed by atoms with E-state index in [-0.39, 0.29) is 5.41 Å². The van der Waals surface area contributed by atoms with Crippen LogP contribution >= 0.6 is 0 Å². The van der Waals surface area contributed by atoms with Crippen LogP contribution in [0.2, 0.25) is 0 Å². The van der Waals surface area contributed by atoms with Gasteiger partial charge in [-0.15, -0.1) is 0 Å². The second kappa shape index (κ2) is 5.66. The Hall–Kier alpha value is -2.20. The van der Waals surface area contributed by atoms with E-state index in [2.05, 4.69) is 31.0 Å². The minimum atomic E-state index is -0.0899. The molecule has 2 aromatic rings. The molecule has 1 aromatic carbocycles. The molecular weight excluding hydrogens is 260 g/mol. The summed E-state index contributed by atoms with van der Waals surface area (Å²) >= 11 is 0. The normalized spacial score (nSPS) is 11.4. The molecule has 0 aliphatic heterocycles. The Bertz CT molecular complexity index is 674. The molecule has 110 valence electrons. The van der Waals surface area contributed by atoms with E-state index in [4.69, 9.17) is 16.9 Å². The zero-order valence-corrected chi connectivity index (χ0v) is 12.8. The number of nitrogen functional groups attached to an aromatic ring is 1. The lowest BCUT2D eigenvalue weighted by Crippen LogP contribution is -2.28. The number of rotatable bonds is 4. The molecule has 5 N–H and O–H groups in total. The van der Waals surface area contributed by atoms with Crippen LogP contribution in [0.25, 0.3) is 11.1 Å². The van der Waals surface area contributed by atoms with Gasteiger partial charge in [0.2, 0.25) is 0 Å². The number of pyridine rings is 1. The average molecular weight is 282 g/mol. The largest absolute Gasteiger partial charge is 0.383 e. The summed E-state index contributed by atoms with van der Waals surface area (Å²) < 4.78 is 0. The fraction of sp³-hybridized carbons (Fsp3) is 0.294. The minimum absolute atomic E-state index is 0.0899. The minimum Gasteiger partial charge on any atom is -0.383 e. The predicted molar refractivity (Wildman–Crippen MR) is 88.8 cm³/mol. The summed E-state index contributed by atoms with van der Waals surface area (Å²) in [7, 11) is 0. The molecule has 2 rings (SSSR count). The highest BCUT2D eigenvalue weighted by molar-refractivity contribution is 5.95. The monoisotopic (exact) mass is 282 g/mol. The molecule has 0 aliphatic carbocycles. The predicted octanol–water partition coefficient (Wildman–Crippen LogP) is 2.87. The third-order valence-corrected chi connectivity index (χ3v) is 3.92. The molecule has 0 saturated carbocycles. The molecule has 0 radical (unpaired) electrons. The summed E-state index contributed by atoms with van der Waals surface area (Å²) in [6.45, 7) is 6.80. The fourth-order valence-corrected chi connectivity index (χ4v) is 2.38. The van der Waals surface area contributed by atoms with Crippen LogP contribution in [0.4, 0.5) is 5.82 Å². The van der Waals surface area contributed by atoms with Crippen molar-refractivity contribution >= 4 is 12.0 Å². The smallest absolute Gasteiger partial charge is 0.132 e. The quantitative estimate of drug-likeness (QED) is 0.753. The summed E-state index contributed by atoms with van der Waals surface area (Å²) in [4.78, 5) is 4.13. The molecule has 0 spiro atoms. The van der Waals surface area contributed by atoms with Gasteiger partial charge in [0.25, 0.3) is 0 Å². The second-order valence-corrected chi connectivity index (χ2v) is 5.93. The molecule has 0 bridgehead atoms. The van der Waals surface area contributed by atoms with E-state index in [0.717, 1.165) is 16.7 Å². The zero-order valence-electron chi connectivity index (χ0n) is 12.8. The number of anilines is 1. The van der Waals surface area contributed by atoms with Crippen LogP contribution in [0.3, 0.4) is 0 Å². The van der Waals surface area contributed by atoms with Crippen molar-refractivity contribution in [3.05, 3.63) is 47.2 Å². The maximum atomic E-state index is 7.62. The first-order chi connectivity index (χ1) is 9.90. The van der Waals surface area contributed by atoms with Crippen molar-refractivity contribution in [3.8, 4) is 11.1 Å². The second-order valence-electron chi connectivity index (χ2n) is 5.93. The molecule has 0 atom stereocenters. The average Bonchev–Trinajstić information content (AvgIpc) is 2.49. The lowest BCUT2D eigenvalue weighted by atomic mass is 9.83. The van der Waals surface area contributed by atoms with E-state index < -0.39 is 0 Å². The van der Waals surface area contributed by atoms with Crippen molar-refractivity contribution < 1.29 is 0 Å². The Kier molecular flexibility index (Phi) is 4.09. The first-order valence-electron chi connectivity index (χ1n) is 6.97. The number of hydrogen-bond donors (Lipinski definition) is 3. The molecular formula is C17H22N4. The summed E-state index contributed by atoms with van der Waals surface area (Å²) in [6, 6.07) is 8.26. The number of aromatic nitrogens is 1. The van der Waals surface area contributed by atoms with Gasteiger partial charge >= 0.3 is 0 Å². The van der Waals surface area contributed by atoms with Crippen molar-refractivity contribution in [2.45, 2.75) is 26.2 Å². The van der Waals surface area contributed by atoms with E-state index >= 15 is 0 Å². The van der Waals surface area contributed by atoms with Gasteiger partial charge < -0.3 is 16.9 Å². The summed E-state index contributed by atoms with van der Waals surface area (Å²) in [5, 5.41) is 7.62. The van der Waals surface area contributed by atoms with Gasteiger partial charge in [-0.25, -0.2) is 4.98 Å². The molecule has 1 aromatic heterocycles. The Morgan fingerprint density at radius 3 is 2.67 bits per heavy atom. The Morgan fingerprint density at radius 1 is 1.33 bits per heavy atom. The van der Waals surface area contributed by atoms with Gasteiger partial charge in [0.05, 0.1) is 0 Å². The van der Waals surface area contributed by atoms with Crippen LogP contribution < -0.4 is 11.5 Å². The van der Waals surface area contributed by atoms with Crippen molar-refractivity contribution in [3.63, 3.8) is 0 Å². The van der Waals surface area contributed by atoms with Crippen LogP contribution in [0.5, 0.6) is 0 Å². The number of nitrogens with one attached hydrogen (secondary N) is 1. The van der Waals surface area contributed by atoms with Crippen molar-refractivity contribution in [2.24, 2.45) is 5.73 Å². The van der Waals surface area contributed by atoms with Crippen LogP contribution in [-0.2, 0) is 5.41 Å². The van der Waals surface area contributed by atoms with Crippen molar-refractivity contribution in [1.29, 1.82) is 5.41 Å². The topological polar surface area (TPSA) is 88.8 Å². The number of aryl methyl sites for hydroxylation is 1. The molecule has 4 heteroatoms. The third-order valence-electron chi connectivity index (χ3n) is 3.92. The molecule has 0 amide bonds. The van der Waals surface area contributed by atoms with Crippen LogP contribution in [0.15, 0.2) is 30.5 Å².